The van der Waals surface area contributed by atoms with Crippen molar-refractivity contribution in [2.24, 2.45) is 5.73 Å². The molecule has 0 bridgehead atoms. The van der Waals surface area contributed by atoms with Crippen LogP contribution in [-0.4, -0.2) is 26.4 Å². The van der Waals surface area contributed by atoms with E-state index in [2.05, 4.69) is 0 Å². The summed E-state index contributed by atoms with van der Waals surface area (Å²) in [5, 5.41) is 0. The molecule has 1 fully saturated rings. The maximum Gasteiger partial charge on any atom is 0.128 e. The van der Waals surface area contributed by atoms with Crippen LogP contribution in [-0.2, 0) is 4.74 Å². The third-order valence-electron chi connectivity index (χ3n) is 2.89. The molecule has 0 spiro atoms. The topological polar surface area (TPSA) is 53.7 Å². The standard InChI is InChI=1S/C13H19NO3/c1-9(14)12-4-3-10(15-2)7-13(12)17-11-5-6-16-8-11/h3-4,7,9,11H,5-6,8,14H2,1-2H3/t9-,11?/m1/s1. The fourth-order valence-corrected chi connectivity index (χ4v) is 1.91. The Morgan fingerprint density at radius 2 is 2.29 bits per heavy atom. The van der Waals surface area contributed by atoms with E-state index in [0.29, 0.717) is 6.61 Å². The van der Waals surface area contributed by atoms with E-state index in [1.807, 2.05) is 25.1 Å². The SMILES string of the molecule is COc1ccc([C@@H](C)N)c(OC2CCOC2)c1. The molecule has 1 heterocycles. The van der Waals surface area contributed by atoms with E-state index in [1.54, 1.807) is 7.11 Å². The largest absolute Gasteiger partial charge is 0.497 e. The van der Waals surface area contributed by atoms with Crippen molar-refractivity contribution in [1.82, 2.24) is 0 Å². The second-order valence-electron chi connectivity index (χ2n) is 4.30. The number of hydrogen-bond acceptors (Lipinski definition) is 4. The lowest BCUT2D eigenvalue weighted by atomic mass is 10.1. The van der Waals surface area contributed by atoms with Crippen LogP contribution in [0.2, 0.25) is 0 Å². The zero-order valence-electron chi connectivity index (χ0n) is 10.3. The molecule has 1 aliphatic heterocycles. The van der Waals surface area contributed by atoms with Gasteiger partial charge in [0.2, 0.25) is 0 Å². The van der Waals surface area contributed by atoms with E-state index in [1.165, 1.54) is 0 Å². The highest BCUT2D eigenvalue weighted by Gasteiger charge is 2.19. The van der Waals surface area contributed by atoms with Crippen molar-refractivity contribution in [3.63, 3.8) is 0 Å². The van der Waals surface area contributed by atoms with E-state index >= 15 is 0 Å². The molecule has 0 aromatic heterocycles. The smallest absolute Gasteiger partial charge is 0.128 e. The summed E-state index contributed by atoms with van der Waals surface area (Å²) in [7, 11) is 1.64. The summed E-state index contributed by atoms with van der Waals surface area (Å²) in [5.74, 6) is 1.58. The van der Waals surface area contributed by atoms with Gasteiger partial charge in [-0.1, -0.05) is 6.07 Å². The first-order valence-electron chi connectivity index (χ1n) is 5.88. The highest BCUT2D eigenvalue weighted by Crippen LogP contribution is 2.30. The number of methoxy groups -OCH3 is 1. The van der Waals surface area contributed by atoms with Crippen LogP contribution in [0.3, 0.4) is 0 Å². The lowest BCUT2D eigenvalue weighted by Crippen LogP contribution is -2.18. The lowest BCUT2D eigenvalue weighted by molar-refractivity contribution is 0.140. The van der Waals surface area contributed by atoms with Crippen LogP contribution in [0.25, 0.3) is 0 Å². The molecule has 2 rings (SSSR count). The van der Waals surface area contributed by atoms with Gasteiger partial charge in [-0.05, 0) is 13.0 Å². The zero-order valence-corrected chi connectivity index (χ0v) is 10.3. The molecule has 0 saturated carbocycles. The first-order chi connectivity index (χ1) is 8.20. The minimum Gasteiger partial charge on any atom is -0.497 e. The maximum atomic E-state index is 5.93. The van der Waals surface area contributed by atoms with E-state index in [-0.39, 0.29) is 12.1 Å². The first kappa shape index (κ1) is 12.2. The average Bonchev–Trinajstić information content (AvgIpc) is 2.81. The van der Waals surface area contributed by atoms with Crippen LogP contribution in [0.4, 0.5) is 0 Å². The Bertz CT molecular complexity index is 373. The van der Waals surface area contributed by atoms with Gasteiger partial charge in [0.25, 0.3) is 0 Å². The molecule has 1 aromatic carbocycles. The van der Waals surface area contributed by atoms with Crippen LogP contribution >= 0.6 is 0 Å². The Hall–Kier alpha value is -1.26. The molecule has 4 heteroatoms. The van der Waals surface area contributed by atoms with E-state index in [0.717, 1.165) is 30.1 Å². The van der Waals surface area contributed by atoms with Gasteiger partial charge in [-0.3, -0.25) is 0 Å². The maximum absolute atomic E-state index is 5.93. The molecule has 1 saturated heterocycles. The molecule has 0 amide bonds. The summed E-state index contributed by atoms with van der Waals surface area (Å²) < 4.78 is 16.4. The minimum atomic E-state index is -0.0572. The van der Waals surface area contributed by atoms with Crippen molar-refractivity contribution < 1.29 is 14.2 Å². The summed E-state index contributed by atoms with van der Waals surface area (Å²) in [6.45, 7) is 3.36. The second-order valence-corrected chi connectivity index (χ2v) is 4.30. The summed E-state index contributed by atoms with van der Waals surface area (Å²) in [5.41, 5.74) is 6.93. The Labute approximate surface area is 102 Å². The second kappa shape index (κ2) is 5.38. The van der Waals surface area contributed by atoms with Crippen molar-refractivity contribution in [2.75, 3.05) is 20.3 Å². The summed E-state index contributed by atoms with van der Waals surface area (Å²) >= 11 is 0. The van der Waals surface area contributed by atoms with Gasteiger partial charge in [0, 0.05) is 24.1 Å². The van der Waals surface area contributed by atoms with Crippen LogP contribution in [0.1, 0.15) is 24.9 Å². The third kappa shape index (κ3) is 2.90. The normalized spacial score (nSPS) is 21.2. The van der Waals surface area contributed by atoms with E-state index < -0.39 is 0 Å². The molecule has 1 aromatic rings. The summed E-state index contributed by atoms with van der Waals surface area (Å²) in [4.78, 5) is 0. The van der Waals surface area contributed by atoms with Crippen LogP contribution in [0.15, 0.2) is 18.2 Å². The monoisotopic (exact) mass is 237 g/mol. The van der Waals surface area contributed by atoms with Crippen molar-refractivity contribution in [1.29, 1.82) is 0 Å². The Morgan fingerprint density at radius 1 is 1.47 bits per heavy atom. The lowest BCUT2D eigenvalue weighted by Gasteiger charge is -2.18. The predicted molar refractivity (Wildman–Crippen MR) is 65.4 cm³/mol. The van der Waals surface area contributed by atoms with Crippen molar-refractivity contribution in [2.45, 2.75) is 25.5 Å². The molecule has 0 aliphatic carbocycles. The van der Waals surface area contributed by atoms with E-state index in [4.69, 9.17) is 19.9 Å². The fraction of sp³-hybridized carbons (Fsp3) is 0.538. The Morgan fingerprint density at radius 3 is 2.88 bits per heavy atom. The molecular weight excluding hydrogens is 218 g/mol. The third-order valence-corrected chi connectivity index (χ3v) is 2.89. The molecule has 17 heavy (non-hydrogen) atoms. The highest BCUT2D eigenvalue weighted by molar-refractivity contribution is 5.42. The highest BCUT2D eigenvalue weighted by atomic mass is 16.5. The Balaban J connectivity index is 2.21. The molecule has 4 nitrogen and oxygen atoms in total. The number of nitrogens with two attached hydrogens (primary N) is 1. The van der Waals surface area contributed by atoms with Gasteiger partial charge in [-0.2, -0.15) is 0 Å². The van der Waals surface area contributed by atoms with Crippen molar-refractivity contribution >= 4 is 0 Å². The minimum absolute atomic E-state index is 0.0572. The number of hydrogen-bond donors (Lipinski definition) is 1. The number of ether oxygens (including phenoxy) is 3. The summed E-state index contributed by atoms with van der Waals surface area (Å²) in [6, 6.07) is 5.68. The van der Waals surface area contributed by atoms with Crippen LogP contribution in [0, 0.1) is 0 Å². The van der Waals surface area contributed by atoms with Crippen molar-refractivity contribution in [3.8, 4) is 11.5 Å². The molecule has 2 atom stereocenters. The first-order valence-corrected chi connectivity index (χ1v) is 5.88. The number of rotatable bonds is 4. The van der Waals surface area contributed by atoms with Gasteiger partial charge in [-0.15, -0.1) is 0 Å². The quantitative estimate of drug-likeness (QED) is 0.868. The summed E-state index contributed by atoms with van der Waals surface area (Å²) in [6.07, 6.45) is 1.05. The molecule has 1 aliphatic rings. The van der Waals surface area contributed by atoms with Gasteiger partial charge in [0.15, 0.2) is 0 Å². The zero-order chi connectivity index (χ0) is 12.3. The molecule has 0 radical (unpaired) electrons. The predicted octanol–water partition coefficient (Wildman–Crippen LogP) is 1.88. The van der Waals surface area contributed by atoms with E-state index in [9.17, 15) is 0 Å². The fourth-order valence-electron chi connectivity index (χ4n) is 1.91. The van der Waals surface area contributed by atoms with Crippen molar-refractivity contribution in [3.05, 3.63) is 23.8 Å². The average molecular weight is 237 g/mol. The van der Waals surface area contributed by atoms with Gasteiger partial charge < -0.3 is 19.9 Å². The molecule has 2 N–H and O–H groups in total. The molecule has 1 unspecified atom stereocenters. The van der Waals surface area contributed by atoms with Crippen LogP contribution in [0.5, 0.6) is 11.5 Å². The number of benzene rings is 1. The van der Waals surface area contributed by atoms with Gasteiger partial charge in [0.05, 0.1) is 20.3 Å². The Kier molecular flexibility index (Phi) is 3.86. The van der Waals surface area contributed by atoms with Gasteiger partial charge in [0.1, 0.15) is 17.6 Å². The molecular formula is C13H19NO3. The van der Waals surface area contributed by atoms with Crippen LogP contribution < -0.4 is 15.2 Å². The van der Waals surface area contributed by atoms with Gasteiger partial charge >= 0.3 is 0 Å². The van der Waals surface area contributed by atoms with Gasteiger partial charge in [-0.25, -0.2) is 0 Å². The molecule has 94 valence electrons.